The van der Waals surface area contributed by atoms with Gasteiger partial charge in [-0.1, -0.05) is 60.7 Å². The smallest absolute Gasteiger partial charge is 0.242 e. The number of carbonyl (C=O) groups excluding carboxylic acids is 2. The van der Waals surface area contributed by atoms with Gasteiger partial charge in [0.15, 0.2) is 0 Å². The number of nitrogens with zero attached hydrogens (tertiary/aromatic N) is 3. The van der Waals surface area contributed by atoms with E-state index in [0.717, 1.165) is 35.2 Å². The fourth-order valence-corrected chi connectivity index (χ4v) is 4.53. The first kappa shape index (κ1) is 26.0. The number of nitrogens with one attached hydrogen (secondary N) is 1. The highest BCUT2D eigenvalue weighted by Gasteiger charge is 2.20. The van der Waals surface area contributed by atoms with E-state index in [2.05, 4.69) is 46.3 Å². The number of hydrogen-bond acceptors (Lipinski definition) is 3. The molecule has 0 spiro atoms. The van der Waals surface area contributed by atoms with E-state index in [1.54, 1.807) is 4.90 Å². The molecule has 3 aromatic carbocycles. The highest BCUT2D eigenvalue weighted by molar-refractivity contribution is 5.85. The number of carbonyl (C=O) groups is 2. The number of aromatic amines is 1. The molecule has 0 saturated carbocycles. The van der Waals surface area contributed by atoms with Crippen LogP contribution in [0.5, 0.6) is 0 Å². The number of hydrogen-bond donors (Lipinski definition) is 1. The van der Waals surface area contributed by atoms with Crippen LogP contribution in [0.25, 0.3) is 10.9 Å². The van der Waals surface area contributed by atoms with Crippen molar-refractivity contribution in [3.05, 3.63) is 102 Å². The van der Waals surface area contributed by atoms with Gasteiger partial charge < -0.3 is 19.7 Å². The zero-order chi connectivity index (χ0) is 26.2. The Kier molecular flexibility index (Phi) is 8.62. The molecule has 0 atom stereocenters. The highest BCUT2D eigenvalue weighted by Crippen LogP contribution is 2.19. The van der Waals surface area contributed by atoms with Crippen LogP contribution in [0.4, 0.5) is 5.69 Å². The van der Waals surface area contributed by atoms with Crippen molar-refractivity contribution >= 4 is 28.4 Å². The number of H-pyrrole nitrogens is 1. The number of benzene rings is 3. The monoisotopic (exact) mass is 496 g/mol. The lowest BCUT2D eigenvalue weighted by atomic mass is 10.1. The number of para-hydroxylation sites is 1. The van der Waals surface area contributed by atoms with Gasteiger partial charge in [0.25, 0.3) is 0 Å². The molecule has 6 heteroatoms. The maximum Gasteiger partial charge on any atom is 0.242 e. The van der Waals surface area contributed by atoms with Crippen LogP contribution in [0.1, 0.15) is 23.6 Å². The summed E-state index contributed by atoms with van der Waals surface area (Å²) < 4.78 is 0. The molecule has 4 rings (SSSR count). The van der Waals surface area contributed by atoms with Gasteiger partial charge in [-0.3, -0.25) is 9.59 Å². The fourth-order valence-electron chi connectivity index (χ4n) is 4.53. The summed E-state index contributed by atoms with van der Waals surface area (Å²) in [6.45, 7) is 3.19. The minimum atomic E-state index is -0.0869. The van der Waals surface area contributed by atoms with Gasteiger partial charge in [0.1, 0.15) is 0 Å². The Hall–Kier alpha value is -4.06. The Balaban J connectivity index is 1.48. The molecule has 0 unspecified atom stereocenters. The second-order valence-electron chi connectivity index (χ2n) is 9.66. The minimum absolute atomic E-state index is 0.0419. The molecule has 2 amide bonds. The van der Waals surface area contributed by atoms with Crippen molar-refractivity contribution in [1.29, 1.82) is 0 Å². The molecule has 37 heavy (non-hydrogen) atoms. The lowest BCUT2D eigenvalue weighted by Crippen LogP contribution is -2.43. The van der Waals surface area contributed by atoms with Crippen LogP contribution in [0.15, 0.2) is 85.1 Å². The van der Waals surface area contributed by atoms with E-state index in [4.69, 9.17) is 0 Å². The molecule has 192 valence electrons. The second-order valence-corrected chi connectivity index (χ2v) is 9.66. The van der Waals surface area contributed by atoms with Gasteiger partial charge in [0, 0.05) is 63.4 Å². The molecule has 0 radical (unpaired) electrons. The predicted molar refractivity (Wildman–Crippen MR) is 151 cm³/mol. The van der Waals surface area contributed by atoms with E-state index in [0.29, 0.717) is 19.6 Å². The molecule has 1 aromatic heterocycles. The number of aromatic nitrogens is 1. The Morgan fingerprint density at radius 3 is 2.14 bits per heavy atom. The third-order valence-electron chi connectivity index (χ3n) is 6.79. The summed E-state index contributed by atoms with van der Waals surface area (Å²) in [6, 6.07) is 26.5. The van der Waals surface area contributed by atoms with Crippen LogP contribution < -0.4 is 4.90 Å². The molecule has 1 N–H and O–H groups in total. The van der Waals surface area contributed by atoms with Gasteiger partial charge in [-0.25, -0.2) is 0 Å². The van der Waals surface area contributed by atoms with Gasteiger partial charge in [-0.15, -0.1) is 0 Å². The average molecular weight is 497 g/mol. The molecule has 0 aliphatic carbocycles. The lowest BCUT2D eigenvalue weighted by molar-refractivity contribution is -0.139. The van der Waals surface area contributed by atoms with E-state index in [1.807, 2.05) is 67.7 Å². The Labute approximate surface area is 219 Å². The molecule has 0 fully saturated rings. The first-order chi connectivity index (χ1) is 17.9. The van der Waals surface area contributed by atoms with Crippen LogP contribution in [0.3, 0.4) is 0 Å². The first-order valence-corrected chi connectivity index (χ1v) is 12.8. The summed E-state index contributed by atoms with van der Waals surface area (Å²) in [5, 5.41) is 1.18. The van der Waals surface area contributed by atoms with Crippen molar-refractivity contribution in [2.75, 3.05) is 38.6 Å². The summed E-state index contributed by atoms with van der Waals surface area (Å²) in [6.07, 6.45) is 3.48. The van der Waals surface area contributed by atoms with Crippen LogP contribution in [-0.4, -0.2) is 60.3 Å². The number of fused-ring (bicyclic) bond motifs is 1. The lowest BCUT2D eigenvalue weighted by Gasteiger charge is -2.27. The van der Waals surface area contributed by atoms with Gasteiger partial charge >= 0.3 is 0 Å². The molecular weight excluding hydrogens is 460 g/mol. The summed E-state index contributed by atoms with van der Waals surface area (Å²) in [5.74, 6) is -0.129. The van der Waals surface area contributed by atoms with E-state index in [-0.39, 0.29) is 18.4 Å². The van der Waals surface area contributed by atoms with Crippen molar-refractivity contribution < 1.29 is 9.59 Å². The van der Waals surface area contributed by atoms with Crippen molar-refractivity contribution in [3.8, 4) is 0 Å². The Morgan fingerprint density at radius 2 is 1.43 bits per heavy atom. The molecule has 4 aromatic rings. The largest absolute Gasteiger partial charge is 0.378 e. The molecule has 0 aliphatic rings. The zero-order valence-corrected chi connectivity index (χ0v) is 22.0. The molecule has 6 nitrogen and oxygen atoms in total. The van der Waals surface area contributed by atoms with Gasteiger partial charge in [-0.05, 0) is 47.7 Å². The third-order valence-corrected chi connectivity index (χ3v) is 6.79. The normalized spacial score (nSPS) is 10.9. The Bertz CT molecular complexity index is 1310. The average Bonchev–Trinajstić information content (AvgIpc) is 3.32. The standard InChI is InChI=1S/C31H36N4O2/c1-24(36)34(19-17-25-9-5-4-6-10-25)23-31(37)35(22-26-13-15-28(16-14-26)33(2)3)20-18-27-21-32-30-12-8-7-11-29(27)30/h4-16,21,32H,17-20,22-23H2,1-3H3. The van der Waals surface area contributed by atoms with E-state index >= 15 is 0 Å². The van der Waals surface area contributed by atoms with Crippen LogP contribution >= 0.6 is 0 Å². The number of amides is 2. The molecule has 0 bridgehead atoms. The Morgan fingerprint density at radius 1 is 0.757 bits per heavy atom. The summed E-state index contributed by atoms with van der Waals surface area (Å²) in [7, 11) is 4.02. The molecule has 0 aliphatic heterocycles. The van der Waals surface area contributed by atoms with E-state index in [9.17, 15) is 9.59 Å². The molecular formula is C31H36N4O2. The van der Waals surface area contributed by atoms with Crippen LogP contribution in [0, 0.1) is 0 Å². The maximum atomic E-state index is 13.6. The topological polar surface area (TPSA) is 59.7 Å². The van der Waals surface area contributed by atoms with Crippen LogP contribution in [0.2, 0.25) is 0 Å². The van der Waals surface area contributed by atoms with Gasteiger partial charge in [0.05, 0.1) is 6.54 Å². The SMILES string of the molecule is CC(=O)N(CCc1ccccc1)CC(=O)N(CCc1c[nH]c2ccccc12)Cc1ccc(N(C)C)cc1. The summed E-state index contributed by atoms with van der Waals surface area (Å²) in [5.41, 5.74) is 5.61. The van der Waals surface area contributed by atoms with Gasteiger partial charge in [0.2, 0.25) is 11.8 Å². The van der Waals surface area contributed by atoms with Crippen molar-refractivity contribution in [3.63, 3.8) is 0 Å². The minimum Gasteiger partial charge on any atom is -0.378 e. The predicted octanol–water partition coefficient (Wildman–Crippen LogP) is 4.90. The second kappa shape index (κ2) is 12.3. The van der Waals surface area contributed by atoms with Crippen molar-refractivity contribution in [2.45, 2.75) is 26.3 Å². The van der Waals surface area contributed by atoms with E-state index < -0.39 is 0 Å². The number of rotatable bonds is 11. The van der Waals surface area contributed by atoms with Gasteiger partial charge in [-0.2, -0.15) is 0 Å². The highest BCUT2D eigenvalue weighted by atomic mass is 16.2. The molecule has 1 heterocycles. The maximum absolute atomic E-state index is 13.6. The first-order valence-electron chi connectivity index (χ1n) is 12.8. The summed E-state index contributed by atoms with van der Waals surface area (Å²) in [4.78, 5) is 34.9. The van der Waals surface area contributed by atoms with E-state index in [1.165, 1.54) is 17.9 Å². The fraction of sp³-hybridized carbons (Fsp3) is 0.290. The summed E-state index contributed by atoms with van der Waals surface area (Å²) >= 11 is 0. The third kappa shape index (κ3) is 7.00. The van der Waals surface area contributed by atoms with Crippen molar-refractivity contribution in [1.82, 2.24) is 14.8 Å². The quantitative estimate of drug-likeness (QED) is 0.321. The molecule has 0 saturated heterocycles. The van der Waals surface area contributed by atoms with Crippen molar-refractivity contribution in [2.24, 2.45) is 0 Å². The zero-order valence-electron chi connectivity index (χ0n) is 22.0. The number of anilines is 1. The van der Waals surface area contributed by atoms with Crippen LogP contribution in [-0.2, 0) is 29.0 Å².